The van der Waals surface area contributed by atoms with Gasteiger partial charge >= 0.3 is 0 Å². The quantitative estimate of drug-likeness (QED) is 0.913. The molecule has 2 aromatic rings. The summed E-state index contributed by atoms with van der Waals surface area (Å²) in [5.41, 5.74) is 0.941. The Balaban J connectivity index is 2.16. The van der Waals surface area contributed by atoms with E-state index in [0.717, 1.165) is 5.56 Å². The Kier molecular flexibility index (Phi) is 4.68. The second-order valence-corrected chi connectivity index (χ2v) is 6.36. The van der Waals surface area contributed by atoms with E-state index in [4.69, 9.17) is 5.26 Å². The molecule has 0 aliphatic carbocycles. The summed E-state index contributed by atoms with van der Waals surface area (Å²) in [6.07, 6.45) is 1.97. The zero-order valence-electron chi connectivity index (χ0n) is 11.5. The molecule has 0 bridgehead atoms. The Morgan fingerprint density at radius 2 is 1.95 bits per heavy atom. The molecule has 0 aliphatic rings. The van der Waals surface area contributed by atoms with Gasteiger partial charge in [-0.05, 0) is 31.0 Å². The van der Waals surface area contributed by atoms with Gasteiger partial charge in [-0.15, -0.1) is 0 Å². The fourth-order valence-corrected chi connectivity index (χ4v) is 3.38. The van der Waals surface area contributed by atoms with E-state index in [2.05, 4.69) is 9.71 Å². The van der Waals surface area contributed by atoms with E-state index in [1.807, 2.05) is 30.3 Å². The highest BCUT2D eigenvalue weighted by atomic mass is 32.2. The van der Waals surface area contributed by atoms with Gasteiger partial charge in [-0.3, -0.25) is 0 Å². The van der Waals surface area contributed by atoms with E-state index in [9.17, 15) is 8.42 Å². The monoisotopic (exact) mass is 301 g/mol. The third-order valence-corrected chi connectivity index (χ3v) is 4.53. The van der Waals surface area contributed by atoms with Crippen LogP contribution in [0.3, 0.4) is 0 Å². The lowest BCUT2D eigenvalue weighted by molar-refractivity contribution is 0.559. The van der Waals surface area contributed by atoms with Crippen molar-refractivity contribution < 1.29 is 8.42 Å². The average Bonchev–Trinajstić information content (AvgIpc) is 2.47. The van der Waals surface area contributed by atoms with Crippen molar-refractivity contribution in [1.82, 2.24) is 9.71 Å². The van der Waals surface area contributed by atoms with Crippen molar-refractivity contribution >= 4 is 10.0 Å². The fraction of sp³-hybridized carbons (Fsp3) is 0.200. The van der Waals surface area contributed by atoms with Crippen LogP contribution in [0.4, 0.5) is 0 Å². The van der Waals surface area contributed by atoms with Gasteiger partial charge in [-0.1, -0.05) is 30.3 Å². The molecule has 1 N–H and O–H groups in total. The van der Waals surface area contributed by atoms with Crippen LogP contribution in [0.5, 0.6) is 0 Å². The van der Waals surface area contributed by atoms with Crippen molar-refractivity contribution in [3.63, 3.8) is 0 Å². The number of benzene rings is 1. The summed E-state index contributed by atoms with van der Waals surface area (Å²) >= 11 is 0. The van der Waals surface area contributed by atoms with Crippen LogP contribution in [0.25, 0.3) is 0 Å². The molecule has 1 atom stereocenters. The summed E-state index contributed by atoms with van der Waals surface area (Å²) < 4.78 is 27.2. The maximum absolute atomic E-state index is 12.3. The number of aromatic nitrogens is 1. The van der Waals surface area contributed by atoms with E-state index in [-0.39, 0.29) is 16.6 Å². The zero-order chi connectivity index (χ0) is 15.3. The number of hydrogen-bond donors (Lipinski definition) is 1. The molecule has 0 saturated carbocycles. The van der Waals surface area contributed by atoms with E-state index in [1.54, 1.807) is 13.0 Å². The molecule has 1 aromatic heterocycles. The molecule has 2 rings (SSSR count). The van der Waals surface area contributed by atoms with Gasteiger partial charge in [0.1, 0.15) is 11.0 Å². The Morgan fingerprint density at radius 3 is 2.62 bits per heavy atom. The lowest BCUT2D eigenvalue weighted by Crippen LogP contribution is -2.34. The Hall–Kier alpha value is -2.23. The predicted octanol–water partition coefficient (Wildman–Crippen LogP) is 1.86. The van der Waals surface area contributed by atoms with Crippen LogP contribution < -0.4 is 4.72 Å². The van der Waals surface area contributed by atoms with Gasteiger partial charge in [-0.25, -0.2) is 18.1 Å². The van der Waals surface area contributed by atoms with Gasteiger partial charge in [0.2, 0.25) is 10.0 Å². The molecule has 0 fully saturated rings. The number of nitriles is 1. The molecular formula is C15H15N3O2S. The number of pyridine rings is 1. The van der Waals surface area contributed by atoms with Crippen LogP contribution in [-0.2, 0) is 16.4 Å². The van der Waals surface area contributed by atoms with Crippen molar-refractivity contribution in [3.8, 4) is 6.07 Å². The number of hydrogen-bond acceptors (Lipinski definition) is 4. The molecule has 0 radical (unpaired) electrons. The second kappa shape index (κ2) is 6.48. The van der Waals surface area contributed by atoms with Crippen LogP contribution in [-0.4, -0.2) is 19.4 Å². The first kappa shape index (κ1) is 15.2. The summed E-state index contributed by atoms with van der Waals surface area (Å²) in [6.45, 7) is 1.78. The van der Waals surface area contributed by atoms with Gasteiger partial charge in [-0.2, -0.15) is 5.26 Å². The molecule has 1 heterocycles. The summed E-state index contributed by atoms with van der Waals surface area (Å²) in [7, 11) is -3.76. The molecule has 1 unspecified atom stereocenters. The SMILES string of the molecule is CC(Cc1ccccc1)NS(=O)(=O)c1cccnc1C#N. The summed E-state index contributed by atoms with van der Waals surface area (Å²) in [4.78, 5) is 3.68. The molecule has 1 aromatic carbocycles. The molecule has 0 aliphatic heterocycles. The van der Waals surface area contributed by atoms with E-state index in [0.29, 0.717) is 6.42 Å². The van der Waals surface area contributed by atoms with Crippen LogP contribution in [0, 0.1) is 11.3 Å². The summed E-state index contributed by atoms with van der Waals surface area (Å²) in [5.74, 6) is 0. The largest absolute Gasteiger partial charge is 0.244 e. The molecular weight excluding hydrogens is 286 g/mol. The third-order valence-electron chi connectivity index (χ3n) is 2.91. The molecule has 6 heteroatoms. The maximum atomic E-state index is 12.3. The maximum Gasteiger partial charge on any atom is 0.243 e. The van der Waals surface area contributed by atoms with Crippen molar-refractivity contribution in [3.05, 3.63) is 59.9 Å². The molecule has 0 spiro atoms. The summed E-state index contributed by atoms with van der Waals surface area (Å²) in [6, 6.07) is 14.0. The highest BCUT2D eigenvalue weighted by Gasteiger charge is 2.21. The number of rotatable bonds is 5. The normalized spacial score (nSPS) is 12.6. The highest BCUT2D eigenvalue weighted by Crippen LogP contribution is 2.13. The number of sulfonamides is 1. The second-order valence-electron chi connectivity index (χ2n) is 4.67. The summed E-state index contributed by atoms with van der Waals surface area (Å²) in [5, 5.41) is 8.95. The van der Waals surface area contributed by atoms with Crippen molar-refractivity contribution in [2.75, 3.05) is 0 Å². The van der Waals surface area contributed by atoms with Crippen LogP contribution in [0.15, 0.2) is 53.6 Å². The fourth-order valence-electron chi connectivity index (χ4n) is 2.03. The molecule has 5 nitrogen and oxygen atoms in total. The third kappa shape index (κ3) is 3.88. The lowest BCUT2D eigenvalue weighted by Gasteiger charge is -2.14. The average molecular weight is 301 g/mol. The van der Waals surface area contributed by atoms with Gasteiger partial charge < -0.3 is 0 Å². The highest BCUT2D eigenvalue weighted by molar-refractivity contribution is 7.89. The van der Waals surface area contributed by atoms with Crippen LogP contribution in [0.1, 0.15) is 18.2 Å². The van der Waals surface area contributed by atoms with Crippen LogP contribution in [0.2, 0.25) is 0 Å². The van der Waals surface area contributed by atoms with E-state index < -0.39 is 10.0 Å². The Labute approximate surface area is 124 Å². The minimum Gasteiger partial charge on any atom is -0.244 e. The first-order valence-electron chi connectivity index (χ1n) is 6.44. The standard InChI is InChI=1S/C15H15N3O2S/c1-12(10-13-6-3-2-4-7-13)18-21(19,20)15-8-5-9-17-14(15)11-16/h2-9,12,18H,10H2,1H3. The number of nitrogens with zero attached hydrogens (tertiary/aromatic N) is 2. The van der Waals surface area contributed by atoms with Crippen molar-refractivity contribution in [2.45, 2.75) is 24.3 Å². The van der Waals surface area contributed by atoms with E-state index in [1.165, 1.54) is 18.3 Å². The van der Waals surface area contributed by atoms with E-state index >= 15 is 0 Å². The molecule has 21 heavy (non-hydrogen) atoms. The minimum atomic E-state index is -3.76. The first-order valence-corrected chi connectivity index (χ1v) is 7.92. The molecule has 0 amide bonds. The first-order chi connectivity index (χ1) is 10.0. The predicted molar refractivity (Wildman–Crippen MR) is 78.9 cm³/mol. The van der Waals surface area contributed by atoms with Gasteiger partial charge in [0.15, 0.2) is 5.69 Å². The minimum absolute atomic E-state index is 0.0904. The number of nitrogens with one attached hydrogen (secondary N) is 1. The van der Waals surface area contributed by atoms with Crippen molar-refractivity contribution in [2.24, 2.45) is 0 Å². The molecule has 108 valence electrons. The van der Waals surface area contributed by atoms with Gasteiger partial charge in [0.05, 0.1) is 0 Å². The van der Waals surface area contributed by atoms with Gasteiger partial charge in [0.25, 0.3) is 0 Å². The topological polar surface area (TPSA) is 82.8 Å². The Bertz CT molecular complexity index is 752. The zero-order valence-corrected chi connectivity index (χ0v) is 12.3. The lowest BCUT2D eigenvalue weighted by atomic mass is 10.1. The van der Waals surface area contributed by atoms with Gasteiger partial charge in [0, 0.05) is 12.2 Å². The molecule has 0 saturated heterocycles. The van der Waals surface area contributed by atoms with Crippen molar-refractivity contribution in [1.29, 1.82) is 5.26 Å². The van der Waals surface area contributed by atoms with Crippen LogP contribution >= 0.6 is 0 Å². The Morgan fingerprint density at radius 1 is 1.24 bits per heavy atom. The smallest absolute Gasteiger partial charge is 0.243 e.